The Bertz CT molecular complexity index is 372. The Hall–Kier alpha value is -1.10. The van der Waals surface area contributed by atoms with E-state index in [4.69, 9.17) is 5.73 Å². The lowest BCUT2D eigenvalue weighted by molar-refractivity contribution is -0.128. The minimum Gasteiger partial charge on any atom is -0.352 e. The standard InChI is InChI=1S/C17H31N3O2/c18-13-17(9-5-2-6-10-17)11-15(21)19-12-16(22)20-14-7-3-1-4-8-14/h14H,1-13,18H2,(H,19,21)(H,20,22). The zero-order valence-corrected chi connectivity index (χ0v) is 13.7. The first-order valence-electron chi connectivity index (χ1n) is 8.90. The minimum absolute atomic E-state index is 0.0360. The van der Waals surface area contributed by atoms with Crippen LogP contribution in [-0.2, 0) is 9.59 Å². The maximum atomic E-state index is 12.1. The lowest BCUT2D eigenvalue weighted by atomic mass is 9.71. The molecule has 5 heteroatoms. The van der Waals surface area contributed by atoms with Crippen molar-refractivity contribution < 1.29 is 9.59 Å². The molecule has 2 amide bonds. The molecule has 22 heavy (non-hydrogen) atoms. The second kappa shape index (κ2) is 8.51. The zero-order chi connectivity index (χ0) is 15.8. The van der Waals surface area contributed by atoms with Crippen LogP contribution < -0.4 is 16.4 Å². The number of hydrogen-bond donors (Lipinski definition) is 3. The fourth-order valence-corrected chi connectivity index (χ4v) is 3.86. The van der Waals surface area contributed by atoms with E-state index in [1.807, 2.05) is 0 Å². The van der Waals surface area contributed by atoms with Crippen molar-refractivity contribution in [3.8, 4) is 0 Å². The van der Waals surface area contributed by atoms with Crippen molar-refractivity contribution >= 4 is 11.8 Å². The molecule has 2 aliphatic rings. The fraction of sp³-hybridized carbons (Fsp3) is 0.882. The average molecular weight is 309 g/mol. The van der Waals surface area contributed by atoms with Gasteiger partial charge in [-0.2, -0.15) is 0 Å². The van der Waals surface area contributed by atoms with E-state index in [0.717, 1.165) is 38.5 Å². The molecular formula is C17H31N3O2. The Morgan fingerprint density at radius 2 is 1.59 bits per heavy atom. The molecule has 0 spiro atoms. The number of nitrogens with one attached hydrogen (secondary N) is 2. The van der Waals surface area contributed by atoms with Crippen LogP contribution in [0, 0.1) is 5.41 Å². The van der Waals surface area contributed by atoms with E-state index in [9.17, 15) is 9.59 Å². The highest BCUT2D eigenvalue weighted by molar-refractivity contribution is 5.85. The average Bonchev–Trinajstić information content (AvgIpc) is 2.55. The predicted molar refractivity (Wildman–Crippen MR) is 87.2 cm³/mol. The molecule has 0 atom stereocenters. The van der Waals surface area contributed by atoms with Crippen molar-refractivity contribution in [2.75, 3.05) is 13.1 Å². The quantitative estimate of drug-likeness (QED) is 0.700. The Labute approximate surface area is 133 Å². The molecule has 0 unspecified atom stereocenters. The molecular weight excluding hydrogens is 278 g/mol. The molecule has 0 aromatic rings. The van der Waals surface area contributed by atoms with Crippen LogP contribution in [0.1, 0.15) is 70.6 Å². The first-order chi connectivity index (χ1) is 10.6. The summed E-state index contributed by atoms with van der Waals surface area (Å²) in [6.07, 6.45) is 11.9. The highest BCUT2D eigenvalue weighted by Gasteiger charge is 2.33. The van der Waals surface area contributed by atoms with E-state index < -0.39 is 0 Å². The summed E-state index contributed by atoms with van der Waals surface area (Å²) < 4.78 is 0. The van der Waals surface area contributed by atoms with E-state index in [2.05, 4.69) is 10.6 Å². The predicted octanol–water partition coefficient (Wildman–Crippen LogP) is 1.85. The Morgan fingerprint density at radius 3 is 2.23 bits per heavy atom. The van der Waals surface area contributed by atoms with Gasteiger partial charge in [-0.05, 0) is 37.6 Å². The van der Waals surface area contributed by atoms with Gasteiger partial charge < -0.3 is 16.4 Å². The Morgan fingerprint density at radius 1 is 0.955 bits per heavy atom. The molecule has 4 N–H and O–H groups in total. The maximum Gasteiger partial charge on any atom is 0.239 e. The van der Waals surface area contributed by atoms with Gasteiger partial charge in [-0.1, -0.05) is 38.5 Å². The molecule has 0 aliphatic heterocycles. The summed E-state index contributed by atoms with van der Waals surface area (Å²) in [4.78, 5) is 24.0. The summed E-state index contributed by atoms with van der Waals surface area (Å²) in [6, 6.07) is 0.298. The van der Waals surface area contributed by atoms with Crippen LogP contribution in [0.15, 0.2) is 0 Å². The van der Waals surface area contributed by atoms with E-state index in [-0.39, 0.29) is 23.8 Å². The number of carbonyl (C=O) groups excluding carboxylic acids is 2. The molecule has 2 aliphatic carbocycles. The number of rotatable bonds is 6. The van der Waals surface area contributed by atoms with Crippen LogP contribution in [0.5, 0.6) is 0 Å². The first kappa shape index (κ1) is 17.3. The van der Waals surface area contributed by atoms with Crippen LogP contribution >= 0.6 is 0 Å². The molecule has 2 saturated carbocycles. The fourth-order valence-electron chi connectivity index (χ4n) is 3.86. The minimum atomic E-state index is -0.0642. The summed E-state index contributed by atoms with van der Waals surface area (Å²) >= 11 is 0. The molecule has 2 rings (SSSR count). The Kier molecular flexibility index (Phi) is 6.68. The van der Waals surface area contributed by atoms with Crippen LogP contribution in [0.25, 0.3) is 0 Å². The smallest absolute Gasteiger partial charge is 0.239 e. The summed E-state index contributed by atoms with van der Waals surface area (Å²) in [5.74, 6) is -0.100. The van der Waals surface area contributed by atoms with E-state index in [0.29, 0.717) is 19.0 Å². The van der Waals surface area contributed by atoms with Crippen molar-refractivity contribution in [1.29, 1.82) is 0 Å². The summed E-state index contributed by atoms with van der Waals surface area (Å²) in [5, 5.41) is 5.79. The van der Waals surface area contributed by atoms with Gasteiger partial charge in [0.25, 0.3) is 0 Å². The molecule has 2 fully saturated rings. The van der Waals surface area contributed by atoms with Gasteiger partial charge in [0, 0.05) is 12.5 Å². The normalized spacial score (nSPS) is 22.0. The molecule has 0 radical (unpaired) electrons. The highest BCUT2D eigenvalue weighted by Crippen LogP contribution is 2.38. The monoisotopic (exact) mass is 309 g/mol. The van der Waals surface area contributed by atoms with E-state index >= 15 is 0 Å². The van der Waals surface area contributed by atoms with Gasteiger partial charge >= 0.3 is 0 Å². The number of carbonyl (C=O) groups is 2. The highest BCUT2D eigenvalue weighted by atomic mass is 16.2. The zero-order valence-electron chi connectivity index (χ0n) is 13.7. The molecule has 0 aromatic carbocycles. The number of hydrogen-bond acceptors (Lipinski definition) is 3. The lowest BCUT2D eigenvalue weighted by Crippen LogP contribution is -2.44. The molecule has 0 aromatic heterocycles. The van der Waals surface area contributed by atoms with Crippen molar-refractivity contribution in [2.24, 2.45) is 11.1 Å². The molecule has 0 heterocycles. The summed E-state index contributed by atoms with van der Waals surface area (Å²) in [6.45, 7) is 0.657. The van der Waals surface area contributed by atoms with Crippen LogP contribution in [0.4, 0.5) is 0 Å². The van der Waals surface area contributed by atoms with Gasteiger partial charge in [0.1, 0.15) is 0 Å². The van der Waals surface area contributed by atoms with Crippen LogP contribution in [-0.4, -0.2) is 30.9 Å². The molecule has 126 valence electrons. The van der Waals surface area contributed by atoms with Gasteiger partial charge in [0.05, 0.1) is 6.54 Å². The van der Waals surface area contributed by atoms with Crippen LogP contribution in [0.2, 0.25) is 0 Å². The van der Waals surface area contributed by atoms with E-state index in [1.54, 1.807) is 0 Å². The summed E-state index contributed by atoms with van der Waals surface area (Å²) in [5.41, 5.74) is 5.87. The van der Waals surface area contributed by atoms with Gasteiger partial charge in [0.2, 0.25) is 11.8 Å². The maximum absolute atomic E-state index is 12.1. The second-order valence-corrected chi connectivity index (χ2v) is 7.12. The summed E-state index contributed by atoms with van der Waals surface area (Å²) in [7, 11) is 0. The third-order valence-corrected chi connectivity index (χ3v) is 5.30. The third-order valence-electron chi connectivity index (χ3n) is 5.30. The second-order valence-electron chi connectivity index (χ2n) is 7.12. The number of nitrogens with two attached hydrogens (primary N) is 1. The molecule has 0 bridgehead atoms. The van der Waals surface area contributed by atoms with Crippen molar-refractivity contribution in [2.45, 2.75) is 76.7 Å². The van der Waals surface area contributed by atoms with Gasteiger partial charge in [-0.25, -0.2) is 0 Å². The van der Waals surface area contributed by atoms with Crippen molar-refractivity contribution in [3.05, 3.63) is 0 Å². The molecule has 0 saturated heterocycles. The number of amides is 2. The topological polar surface area (TPSA) is 84.2 Å². The molecule has 5 nitrogen and oxygen atoms in total. The van der Waals surface area contributed by atoms with Crippen molar-refractivity contribution in [1.82, 2.24) is 10.6 Å². The van der Waals surface area contributed by atoms with Gasteiger partial charge in [-0.3, -0.25) is 9.59 Å². The van der Waals surface area contributed by atoms with Crippen LogP contribution in [0.3, 0.4) is 0 Å². The first-order valence-corrected chi connectivity index (χ1v) is 8.90. The largest absolute Gasteiger partial charge is 0.352 e. The lowest BCUT2D eigenvalue weighted by Gasteiger charge is -2.35. The van der Waals surface area contributed by atoms with E-state index in [1.165, 1.54) is 25.7 Å². The Balaban J connectivity index is 1.68. The van der Waals surface area contributed by atoms with Gasteiger partial charge in [-0.15, -0.1) is 0 Å². The SMILES string of the molecule is NCC1(CC(=O)NCC(=O)NC2CCCCC2)CCCCC1. The van der Waals surface area contributed by atoms with Gasteiger partial charge in [0.15, 0.2) is 0 Å². The third kappa shape index (κ3) is 5.27. The van der Waals surface area contributed by atoms with Crippen molar-refractivity contribution in [3.63, 3.8) is 0 Å².